The molecule has 3 heterocycles. The highest BCUT2D eigenvalue weighted by atomic mass is 16.5. The molecule has 0 spiro atoms. The summed E-state index contributed by atoms with van der Waals surface area (Å²) >= 11 is 0. The third-order valence-electron chi connectivity index (χ3n) is 21.5. The van der Waals surface area contributed by atoms with E-state index in [1.165, 1.54) is 111 Å². The summed E-state index contributed by atoms with van der Waals surface area (Å²) in [5, 5.41) is 9.41. The number of fused-ring (bicyclic) bond motifs is 6. The van der Waals surface area contributed by atoms with Crippen molar-refractivity contribution in [3.8, 4) is 0 Å². The lowest BCUT2D eigenvalue weighted by Gasteiger charge is -2.56. The van der Waals surface area contributed by atoms with Crippen LogP contribution in [0, 0.1) is 17.8 Å². The number of carboxylic acids is 1. The van der Waals surface area contributed by atoms with Crippen molar-refractivity contribution >= 4 is 17.8 Å². The second kappa shape index (κ2) is 26.5. The Kier molecular flexibility index (Phi) is 19.0. The van der Waals surface area contributed by atoms with Crippen LogP contribution in [0.4, 0.5) is 0 Å². The summed E-state index contributed by atoms with van der Waals surface area (Å²) in [7, 11) is 1.46. The van der Waals surface area contributed by atoms with Crippen LogP contribution in [0.5, 0.6) is 0 Å². The minimum Gasteiger partial charge on any atom is -0.478 e. The van der Waals surface area contributed by atoms with Gasteiger partial charge in [0.2, 0.25) is 5.91 Å². The maximum atomic E-state index is 12.0. The number of piperidine rings is 3. The number of methoxy groups -OCH3 is 1. The number of carbonyl (C=O) groups is 3. The number of aromatic carboxylic acids is 1. The van der Waals surface area contributed by atoms with E-state index in [0.717, 1.165) is 65.0 Å². The summed E-state index contributed by atoms with van der Waals surface area (Å²) in [5.41, 5.74) is 15.9. The number of nitrogens with zero attached hydrogens (tertiary/aromatic N) is 3. The molecule has 0 aromatic heterocycles. The van der Waals surface area contributed by atoms with Crippen molar-refractivity contribution in [2.24, 2.45) is 23.5 Å². The Bertz CT molecular complexity index is 2940. The number of nitrogens with two attached hydrogens (primary N) is 1. The van der Waals surface area contributed by atoms with Gasteiger partial charge >= 0.3 is 11.9 Å². The first-order chi connectivity index (χ1) is 39.8. The lowest BCUT2D eigenvalue weighted by molar-refractivity contribution is -0.00241. The van der Waals surface area contributed by atoms with Crippen molar-refractivity contribution in [2.75, 3.05) is 46.4 Å². The van der Waals surface area contributed by atoms with Crippen molar-refractivity contribution in [3.05, 3.63) is 214 Å². The second-order valence-electron chi connectivity index (χ2n) is 25.2. The Labute approximate surface area is 489 Å². The van der Waals surface area contributed by atoms with Crippen LogP contribution in [0.15, 0.2) is 164 Å². The lowest BCUT2D eigenvalue weighted by atomic mass is 9.57. The third-order valence-corrected chi connectivity index (χ3v) is 21.5. The molecule has 9 atom stereocenters. The van der Waals surface area contributed by atoms with Gasteiger partial charge in [-0.15, -0.1) is 0 Å². The summed E-state index contributed by atoms with van der Waals surface area (Å²) in [4.78, 5) is 43.3. The summed E-state index contributed by atoms with van der Waals surface area (Å²) in [6, 6.07) is 58.3. The number of benzene rings is 6. The Morgan fingerprint density at radius 1 is 0.463 bits per heavy atom. The SMILES string of the molecule is COC(=O)c1cccc(C23CCCC([C@@H]2C)N(CCc2ccccc2)CC3)c1.C[C@H]1C2CCCC1(c1cccc(C(=O)O)c1)CCN2CCc1ccccc1.C[C@H]1C2CCCC1(c1cccc(C(N)=O)c1)CCN2CCc1ccccc1. The first-order valence-electron chi connectivity index (χ1n) is 31.1. The predicted molar refractivity (Wildman–Crippen MR) is 331 cm³/mol. The predicted octanol–water partition coefficient (Wildman–Crippen LogP) is 13.8. The fourth-order valence-electron chi connectivity index (χ4n) is 16.8. The van der Waals surface area contributed by atoms with Crippen molar-refractivity contribution in [2.45, 2.75) is 151 Å². The first-order valence-corrected chi connectivity index (χ1v) is 31.1. The van der Waals surface area contributed by atoms with Gasteiger partial charge < -0.3 is 15.6 Å². The highest BCUT2D eigenvalue weighted by Crippen LogP contribution is 2.53. The number of ether oxygens (including phenoxy) is 1. The maximum absolute atomic E-state index is 12.0. The molecule has 3 aliphatic carbocycles. The van der Waals surface area contributed by atoms with Crippen LogP contribution in [0.3, 0.4) is 0 Å². The summed E-state index contributed by atoms with van der Waals surface area (Å²) in [5.74, 6) is 0.359. The normalized spacial score (nSPS) is 27.8. The van der Waals surface area contributed by atoms with Gasteiger partial charge in [-0.2, -0.15) is 0 Å². The highest BCUT2D eigenvalue weighted by molar-refractivity contribution is 5.93. The van der Waals surface area contributed by atoms with E-state index in [0.29, 0.717) is 52.6 Å². The zero-order chi connectivity index (χ0) is 57.3. The van der Waals surface area contributed by atoms with E-state index >= 15 is 0 Å². The number of primary amides is 1. The van der Waals surface area contributed by atoms with E-state index in [2.05, 4.69) is 157 Å². The first kappa shape index (κ1) is 58.8. The number of hydrogen-bond acceptors (Lipinski definition) is 7. The third kappa shape index (κ3) is 12.6. The fraction of sp³-hybridized carbons (Fsp3) is 0.466. The molecule has 9 heteroatoms. The maximum Gasteiger partial charge on any atom is 0.337 e. The van der Waals surface area contributed by atoms with Crippen LogP contribution in [0.25, 0.3) is 0 Å². The minimum atomic E-state index is -0.825. The van der Waals surface area contributed by atoms with Gasteiger partial charge in [-0.3, -0.25) is 19.5 Å². The van der Waals surface area contributed by atoms with Gasteiger partial charge in [0.15, 0.2) is 0 Å². The summed E-state index contributed by atoms with van der Waals surface area (Å²) in [6.45, 7) is 14.0. The number of esters is 1. The van der Waals surface area contributed by atoms with Gasteiger partial charge in [0.1, 0.15) is 0 Å². The minimum absolute atomic E-state index is 0.137. The van der Waals surface area contributed by atoms with Crippen LogP contribution in [0.1, 0.15) is 162 Å². The number of rotatable bonds is 15. The molecule has 3 N–H and O–H groups in total. The van der Waals surface area contributed by atoms with E-state index < -0.39 is 5.97 Å². The van der Waals surface area contributed by atoms with E-state index in [9.17, 15) is 19.5 Å². The van der Waals surface area contributed by atoms with Crippen LogP contribution in [-0.4, -0.2) is 102 Å². The molecular formula is C73H90N4O5. The second-order valence-corrected chi connectivity index (χ2v) is 25.2. The van der Waals surface area contributed by atoms with Crippen molar-refractivity contribution in [3.63, 3.8) is 0 Å². The molecule has 9 nitrogen and oxygen atoms in total. The van der Waals surface area contributed by atoms with Crippen LogP contribution in [-0.2, 0) is 40.2 Å². The monoisotopic (exact) mass is 1100 g/mol. The molecule has 6 bridgehead atoms. The Balaban J connectivity index is 0.000000138. The lowest BCUT2D eigenvalue weighted by Crippen LogP contribution is -2.58. The number of carbonyl (C=O) groups excluding carboxylic acids is 2. The zero-order valence-corrected chi connectivity index (χ0v) is 49.4. The van der Waals surface area contributed by atoms with Gasteiger partial charge in [-0.05, 0) is 184 Å². The van der Waals surface area contributed by atoms with Gasteiger partial charge in [-0.1, -0.05) is 167 Å². The molecule has 432 valence electrons. The Morgan fingerprint density at radius 2 is 0.793 bits per heavy atom. The Hall–Kier alpha value is -6.39. The number of amides is 1. The molecule has 6 aromatic rings. The molecule has 12 rings (SSSR count). The van der Waals surface area contributed by atoms with Gasteiger partial charge in [0, 0.05) is 59.6 Å². The average molecular weight is 1100 g/mol. The van der Waals surface area contributed by atoms with Crippen LogP contribution < -0.4 is 5.73 Å². The Morgan fingerprint density at radius 3 is 1.13 bits per heavy atom. The number of carboxylic acid groups (broad SMARTS) is 1. The van der Waals surface area contributed by atoms with E-state index in [-0.39, 0.29) is 28.1 Å². The smallest absolute Gasteiger partial charge is 0.337 e. The van der Waals surface area contributed by atoms with E-state index in [1.54, 1.807) is 6.07 Å². The molecule has 3 aliphatic heterocycles. The van der Waals surface area contributed by atoms with Crippen molar-refractivity contribution in [1.82, 2.24) is 14.7 Å². The molecule has 6 aromatic carbocycles. The quantitative estimate of drug-likeness (QED) is 0.0977. The molecular weight excluding hydrogens is 1010 g/mol. The van der Waals surface area contributed by atoms with Crippen LogP contribution in [0.2, 0.25) is 0 Å². The van der Waals surface area contributed by atoms with Gasteiger partial charge in [0.25, 0.3) is 0 Å². The molecule has 1 amide bonds. The van der Waals surface area contributed by atoms with Gasteiger partial charge in [0.05, 0.1) is 18.2 Å². The molecule has 6 fully saturated rings. The average Bonchev–Trinajstić information content (AvgIpc) is 3.40. The topological polar surface area (TPSA) is 116 Å². The number of likely N-dealkylation sites (tertiary alicyclic amines) is 3. The highest BCUT2D eigenvalue weighted by Gasteiger charge is 2.52. The molecule has 3 saturated heterocycles. The summed E-state index contributed by atoms with van der Waals surface area (Å²) < 4.78 is 4.95. The largest absolute Gasteiger partial charge is 0.478 e. The van der Waals surface area contributed by atoms with E-state index in [4.69, 9.17) is 10.5 Å². The molecule has 0 radical (unpaired) electrons. The molecule has 6 aliphatic rings. The zero-order valence-electron chi connectivity index (χ0n) is 49.4. The standard InChI is InChI=1S/C25H31NO2.C24H30N2O.C24H29NO2/c1-19-23-12-7-14-25(19,22-11-6-10-21(18-22)24(27)28-2)15-17-26(23)16-13-20-8-4-3-5-9-20;1-18-22-11-6-13-24(18,21-10-5-9-20(17-21)23(25)27)14-16-26(22)15-12-19-7-3-2-4-8-19;1-18-22-11-6-13-24(18,21-10-5-9-20(17-21)23(26)27)14-16-25(22)15-12-19-7-3-2-4-8-19/h3-6,8-11,18-19,23H,7,12-17H2,1-2H3;2-5,7-10,17-18,22H,6,11-16H2,1H3,(H2,25,27);2-5,7-10,17-18,22H,6,11-16H2,1H3,(H,26,27)/t19-,23?,25?;2*18-,22?,24?/m000/s1. The van der Waals surface area contributed by atoms with Crippen LogP contribution >= 0.6 is 0 Å². The number of hydrogen-bond donors (Lipinski definition) is 2. The van der Waals surface area contributed by atoms with E-state index in [1.807, 2.05) is 36.4 Å². The van der Waals surface area contributed by atoms with Gasteiger partial charge in [-0.25, -0.2) is 9.59 Å². The van der Waals surface area contributed by atoms with Crippen molar-refractivity contribution in [1.29, 1.82) is 0 Å². The fourth-order valence-corrected chi connectivity index (χ4v) is 16.8. The molecule has 82 heavy (non-hydrogen) atoms. The van der Waals surface area contributed by atoms with Crippen molar-refractivity contribution < 1.29 is 24.2 Å². The summed E-state index contributed by atoms with van der Waals surface area (Å²) in [6.07, 6.45) is 18.0. The molecule has 6 unspecified atom stereocenters. The molecule has 3 saturated carbocycles.